The number of sulfonamides is 1. The Hall–Kier alpha value is -1.11. The second-order valence-electron chi connectivity index (χ2n) is 3.92. The number of rotatable bonds is 4. The summed E-state index contributed by atoms with van der Waals surface area (Å²) in [5, 5.41) is 0. The standard InChI is InChI=1S/C12H17NO4S/c1-2-17-11-3-5-12(6-4-11)18(14,15)13-7-9-16-10-8-13/h3-6H,2,7-10H2,1H3. The third-order valence-electron chi connectivity index (χ3n) is 2.74. The number of ether oxygens (including phenoxy) is 2. The summed E-state index contributed by atoms with van der Waals surface area (Å²) >= 11 is 0. The number of hydrogen-bond donors (Lipinski definition) is 0. The van der Waals surface area contributed by atoms with E-state index in [4.69, 9.17) is 9.47 Å². The normalized spacial score (nSPS) is 17.6. The Labute approximate surface area is 107 Å². The first kappa shape index (κ1) is 13.3. The van der Waals surface area contributed by atoms with Crippen LogP contribution >= 0.6 is 0 Å². The van der Waals surface area contributed by atoms with Crippen LogP contribution in [0.2, 0.25) is 0 Å². The molecule has 18 heavy (non-hydrogen) atoms. The minimum atomic E-state index is -3.40. The summed E-state index contributed by atoms with van der Waals surface area (Å²) in [5.74, 6) is 0.679. The fourth-order valence-corrected chi connectivity index (χ4v) is 3.22. The van der Waals surface area contributed by atoms with E-state index in [0.717, 1.165) is 0 Å². The quantitative estimate of drug-likeness (QED) is 0.823. The molecular weight excluding hydrogens is 254 g/mol. The predicted octanol–water partition coefficient (Wildman–Crippen LogP) is 1.11. The Kier molecular flexibility index (Phi) is 4.21. The van der Waals surface area contributed by atoms with Crippen molar-refractivity contribution in [1.29, 1.82) is 0 Å². The minimum Gasteiger partial charge on any atom is -0.494 e. The zero-order chi connectivity index (χ0) is 13.0. The molecule has 1 aromatic rings. The highest BCUT2D eigenvalue weighted by molar-refractivity contribution is 7.89. The first-order valence-corrected chi connectivity index (χ1v) is 7.39. The van der Waals surface area contributed by atoms with E-state index in [1.165, 1.54) is 4.31 Å². The molecule has 0 N–H and O–H groups in total. The van der Waals surface area contributed by atoms with Crippen molar-refractivity contribution in [3.63, 3.8) is 0 Å². The average Bonchev–Trinajstić information content (AvgIpc) is 2.41. The van der Waals surface area contributed by atoms with Gasteiger partial charge in [0.05, 0.1) is 24.7 Å². The van der Waals surface area contributed by atoms with Crippen LogP contribution in [0.5, 0.6) is 5.75 Å². The molecular formula is C12H17NO4S. The van der Waals surface area contributed by atoms with E-state index in [1.807, 2.05) is 6.92 Å². The van der Waals surface area contributed by atoms with Crippen molar-refractivity contribution >= 4 is 10.0 Å². The maximum Gasteiger partial charge on any atom is 0.243 e. The maximum absolute atomic E-state index is 12.3. The van der Waals surface area contributed by atoms with E-state index < -0.39 is 10.0 Å². The van der Waals surface area contributed by atoms with Crippen LogP contribution in [0.4, 0.5) is 0 Å². The van der Waals surface area contributed by atoms with E-state index in [-0.39, 0.29) is 0 Å². The van der Waals surface area contributed by atoms with Crippen LogP contribution in [0.15, 0.2) is 29.2 Å². The van der Waals surface area contributed by atoms with Gasteiger partial charge < -0.3 is 9.47 Å². The lowest BCUT2D eigenvalue weighted by Crippen LogP contribution is -2.40. The van der Waals surface area contributed by atoms with Crippen molar-refractivity contribution in [3.8, 4) is 5.75 Å². The van der Waals surface area contributed by atoms with E-state index in [2.05, 4.69) is 0 Å². The highest BCUT2D eigenvalue weighted by Gasteiger charge is 2.25. The van der Waals surface area contributed by atoms with Crippen LogP contribution in [0.1, 0.15) is 6.92 Å². The molecule has 1 aromatic carbocycles. The number of morpholine rings is 1. The van der Waals surface area contributed by atoms with Gasteiger partial charge in [0, 0.05) is 13.1 Å². The molecule has 1 aliphatic heterocycles. The van der Waals surface area contributed by atoms with Gasteiger partial charge in [-0.25, -0.2) is 8.42 Å². The van der Waals surface area contributed by atoms with Crippen molar-refractivity contribution in [2.24, 2.45) is 0 Å². The van der Waals surface area contributed by atoms with Gasteiger partial charge in [-0.3, -0.25) is 0 Å². The lowest BCUT2D eigenvalue weighted by molar-refractivity contribution is 0.0730. The summed E-state index contributed by atoms with van der Waals surface area (Å²) in [5.41, 5.74) is 0. The molecule has 0 unspecified atom stereocenters. The van der Waals surface area contributed by atoms with Gasteiger partial charge in [-0.2, -0.15) is 4.31 Å². The highest BCUT2D eigenvalue weighted by Crippen LogP contribution is 2.20. The van der Waals surface area contributed by atoms with Crippen molar-refractivity contribution in [2.45, 2.75) is 11.8 Å². The summed E-state index contributed by atoms with van der Waals surface area (Å²) in [6.07, 6.45) is 0. The second kappa shape index (κ2) is 5.69. The van der Waals surface area contributed by atoms with Crippen molar-refractivity contribution in [3.05, 3.63) is 24.3 Å². The topological polar surface area (TPSA) is 55.8 Å². The van der Waals surface area contributed by atoms with Crippen LogP contribution in [0.25, 0.3) is 0 Å². The molecule has 0 aliphatic carbocycles. The van der Waals surface area contributed by atoms with Crippen LogP contribution in [0.3, 0.4) is 0 Å². The van der Waals surface area contributed by atoms with E-state index in [9.17, 15) is 8.42 Å². The molecule has 0 spiro atoms. The molecule has 6 heteroatoms. The van der Waals surface area contributed by atoms with Gasteiger partial charge in [0.25, 0.3) is 0 Å². The molecule has 0 saturated carbocycles. The fraction of sp³-hybridized carbons (Fsp3) is 0.500. The lowest BCUT2D eigenvalue weighted by atomic mass is 10.3. The monoisotopic (exact) mass is 271 g/mol. The Bertz CT molecular complexity index is 477. The van der Waals surface area contributed by atoms with Gasteiger partial charge in [0.1, 0.15) is 5.75 Å². The van der Waals surface area contributed by atoms with E-state index in [1.54, 1.807) is 24.3 Å². The number of benzene rings is 1. The summed E-state index contributed by atoms with van der Waals surface area (Å²) in [4.78, 5) is 0.299. The summed E-state index contributed by atoms with van der Waals surface area (Å²) in [6, 6.07) is 6.51. The smallest absolute Gasteiger partial charge is 0.243 e. The summed E-state index contributed by atoms with van der Waals surface area (Å²) < 4.78 is 36.5. The minimum absolute atomic E-state index is 0.299. The molecule has 0 radical (unpaired) electrons. The van der Waals surface area contributed by atoms with Gasteiger partial charge in [-0.05, 0) is 31.2 Å². The molecule has 0 bridgehead atoms. The Morgan fingerprint density at radius 3 is 2.39 bits per heavy atom. The van der Waals surface area contributed by atoms with Gasteiger partial charge >= 0.3 is 0 Å². The highest BCUT2D eigenvalue weighted by atomic mass is 32.2. The molecule has 1 fully saturated rings. The molecule has 1 saturated heterocycles. The van der Waals surface area contributed by atoms with Gasteiger partial charge in [-0.15, -0.1) is 0 Å². The van der Waals surface area contributed by atoms with Crippen LogP contribution in [-0.2, 0) is 14.8 Å². The van der Waals surface area contributed by atoms with Gasteiger partial charge in [-0.1, -0.05) is 0 Å². The van der Waals surface area contributed by atoms with E-state index in [0.29, 0.717) is 43.6 Å². The third-order valence-corrected chi connectivity index (χ3v) is 4.66. The van der Waals surface area contributed by atoms with Crippen molar-refractivity contribution in [2.75, 3.05) is 32.9 Å². The van der Waals surface area contributed by atoms with Crippen molar-refractivity contribution < 1.29 is 17.9 Å². The summed E-state index contributed by atoms with van der Waals surface area (Å²) in [6.45, 7) is 4.19. The zero-order valence-electron chi connectivity index (χ0n) is 10.3. The number of hydrogen-bond acceptors (Lipinski definition) is 4. The number of nitrogens with zero attached hydrogens (tertiary/aromatic N) is 1. The molecule has 0 atom stereocenters. The molecule has 0 amide bonds. The Morgan fingerprint density at radius 2 is 1.83 bits per heavy atom. The maximum atomic E-state index is 12.3. The van der Waals surface area contributed by atoms with Gasteiger partial charge in [0.2, 0.25) is 10.0 Å². The Balaban J connectivity index is 2.18. The first-order valence-electron chi connectivity index (χ1n) is 5.95. The predicted molar refractivity (Wildman–Crippen MR) is 67.2 cm³/mol. The van der Waals surface area contributed by atoms with Crippen LogP contribution in [-0.4, -0.2) is 45.6 Å². The first-order chi connectivity index (χ1) is 8.64. The molecule has 1 aliphatic rings. The van der Waals surface area contributed by atoms with Crippen LogP contribution < -0.4 is 4.74 Å². The Morgan fingerprint density at radius 1 is 1.22 bits per heavy atom. The SMILES string of the molecule is CCOc1ccc(S(=O)(=O)N2CCOCC2)cc1. The lowest BCUT2D eigenvalue weighted by Gasteiger charge is -2.26. The molecule has 1 heterocycles. The molecule has 2 rings (SSSR count). The zero-order valence-corrected chi connectivity index (χ0v) is 11.1. The van der Waals surface area contributed by atoms with Gasteiger partial charge in [0.15, 0.2) is 0 Å². The average molecular weight is 271 g/mol. The fourth-order valence-electron chi connectivity index (χ4n) is 1.81. The third kappa shape index (κ3) is 2.82. The van der Waals surface area contributed by atoms with Crippen LogP contribution in [0, 0.1) is 0 Å². The molecule has 100 valence electrons. The second-order valence-corrected chi connectivity index (χ2v) is 5.86. The molecule has 0 aromatic heterocycles. The summed E-state index contributed by atoms with van der Waals surface area (Å²) in [7, 11) is -3.40. The largest absolute Gasteiger partial charge is 0.494 e. The molecule has 5 nitrogen and oxygen atoms in total. The van der Waals surface area contributed by atoms with Crippen molar-refractivity contribution in [1.82, 2.24) is 4.31 Å². The van der Waals surface area contributed by atoms with E-state index >= 15 is 0 Å².